The molecule has 1 aromatic rings. The van der Waals surface area contributed by atoms with E-state index in [1.165, 1.54) is 6.07 Å². The number of halogens is 3. The van der Waals surface area contributed by atoms with Gasteiger partial charge in [0.1, 0.15) is 5.75 Å². The number of aromatic hydroxyl groups is 1. The van der Waals surface area contributed by atoms with E-state index in [4.69, 9.17) is 11.6 Å². The number of rotatable bonds is 1. The molecule has 0 radical (unpaired) electrons. The van der Waals surface area contributed by atoms with Gasteiger partial charge in [-0.3, -0.25) is 0 Å². The van der Waals surface area contributed by atoms with Gasteiger partial charge in [-0.1, -0.05) is 24.6 Å². The standard InChI is InChI=1S/C14H17ClF2O/c1-9-7-10(11(15)8-12(9)18)13(2)3-5-14(16,17)6-4-13/h7-8,18H,3-6H2,1-2H3. The Hall–Kier alpha value is -0.830. The summed E-state index contributed by atoms with van der Waals surface area (Å²) < 4.78 is 26.5. The van der Waals surface area contributed by atoms with Crippen LogP contribution in [0, 0.1) is 6.92 Å². The molecule has 1 aliphatic rings. The van der Waals surface area contributed by atoms with E-state index in [9.17, 15) is 13.9 Å². The van der Waals surface area contributed by atoms with E-state index in [-0.39, 0.29) is 24.0 Å². The highest BCUT2D eigenvalue weighted by molar-refractivity contribution is 6.31. The lowest BCUT2D eigenvalue weighted by Gasteiger charge is -2.38. The number of hydrogen-bond donors (Lipinski definition) is 1. The number of alkyl halides is 2. The lowest BCUT2D eigenvalue weighted by molar-refractivity contribution is -0.0497. The average Bonchev–Trinajstić information content (AvgIpc) is 2.28. The number of phenolic OH excluding ortho intramolecular Hbond substituents is 1. The van der Waals surface area contributed by atoms with Gasteiger partial charge >= 0.3 is 0 Å². The van der Waals surface area contributed by atoms with Gasteiger partial charge in [0.2, 0.25) is 5.92 Å². The lowest BCUT2D eigenvalue weighted by Crippen LogP contribution is -2.34. The fourth-order valence-electron chi connectivity index (χ4n) is 2.57. The Balaban J connectivity index is 2.34. The zero-order valence-corrected chi connectivity index (χ0v) is 11.3. The molecule has 0 atom stereocenters. The molecule has 0 heterocycles. The maximum Gasteiger partial charge on any atom is 0.248 e. The zero-order chi connectivity index (χ0) is 13.6. The van der Waals surface area contributed by atoms with Gasteiger partial charge in [0.15, 0.2) is 0 Å². The molecule has 1 aromatic carbocycles. The second-order valence-electron chi connectivity index (χ2n) is 5.54. The Kier molecular flexibility index (Phi) is 3.30. The molecule has 0 bridgehead atoms. The summed E-state index contributed by atoms with van der Waals surface area (Å²) in [5.74, 6) is -2.40. The molecule has 0 spiro atoms. The third-order valence-corrected chi connectivity index (χ3v) is 4.33. The molecule has 0 saturated heterocycles. The van der Waals surface area contributed by atoms with Crippen LogP contribution in [0.3, 0.4) is 0 Å². The largest absolute Gasteiger partial charge is 0.508 e. The smallest absolute Gasteiger partial charge is 0.248 e. The van der Waals surface area contributed by atoms with Crippen molar-refractivity contribution in [2.45, 2.75) is 50.9 Å². The summed E-state index contributed by atoms with van der Waals surface area (Å²) in [6, 6.07) is 3.32. The fraction of sp³-hybridized carbons (Fsp3) is 0.571. The SMILES string of the molecule is Cc1cc(C2(C)CCC(F)(F)CC2)c(Cl)cc1O. The molecule has 100 valence electrons. The third kappa shape index (κ3) is 2.46. The van der Waals surface area contributed by atoms with E-state index in [1.807, 2.05) is 13.0 Å². The molecule has 18 heavy (non-hydrogen) atoms. The van der Waals surface area contributed by atoms with Gasteiger partial charge < -0.3 is 5.11 Å². The number of phenols is 1. The summed E-state index contributed by atoms with van der Waals surface area (Å²) >= 11 is 6.15. The molecule has 0 aromatic heterocycles. The van der Waals surface area contributed by atoms with Crippen molar-refractivity contribution in [2.75, 3.05) is 0 Å². The molecule has 2 rings (SSSR count). The monoisotopic (exact) mass is 274 g/mol. The van der Waals surface area contributed by atoms with Gasteiger partial charge in [0.05, 0.1) is 0 Å². The molecule has 0 aliphatic heterocycles. The van der Waals surface area contributed by atoms with Gasteiger partial charge in [0, 0.05) is 17.9 Å². The van der Waals surface area contributed by atoms with Crippen LogP contribution in [0.2, 0.25) is 5.02 Å². The predicted octanol–water partition coefficient (Wildman–Crippen LogP) is 4.82. The summed E-state index contributed by atoms with van der Waals surface area (Å²) in [6.45, 7) is 3.76. The first-order valence-electron chi connectivity index (χ1n) is 6.11. The minimum atomic E-state index is -2.54. The summed E-state index contributed by atoms with van der Waals surface area (Å²) in [5.41, 5.74) is 1.28. The normalized spacial score (nSPS) is 21.8. The van der Waals surface area contributed by atoms with Crippen LogP contribution in [0.5, 0.6) is 5.75 Å². The highest BCUT2D eigenvalue weighted by atomic mass is 35.5. The van der Waals surface area contributed by atoms with Crippen LogP contribution in [0.25, 0.3) is 0 Å². The minimum absolute atomic E-state index is 0.0975. The van der Waals surface area contributed by atoms with E-state index in [0.29, 0.717) is 17.9 Å². The summed E-state index contributed by atoms with van der Waals surface area (Å²) in [4.78, 5) is 0. The van der Waals surface area contributed by atoms with Crippen LogP contribution in [0.4, 0.5) is 8.78 Å². The van der Waals surface area contributed by atoms with Crippen LogP contribution in [-0.4, -0.2) is 11.0 Å². The molecule has 1 N–H and O–H groups in total. The topological polar surface area (TPSA) is 20.2 Å². The fourth-order valence-corrected chi connectivity index (χ4v) is 2.96. The first-order valence-corrected chi connectivity index (χ1v) is 6.49. The summed E-state index contributed by atoms with van der Waals surface area (Å²) in [5, 5.41) is 10.0. The first-order chi connectivity index (χ1) is 8.23. The van der Waals surface area contributed by atoms with Gasteiger partial charge in [-0.15, -0.1) is 0 Å². The second kappa shape index (κ2) is 4.37. The van der Waals surface area contributed by atoms with E-state index in [0.717, 1.165) is 11.1 Å². The average molecular weight is 275 g/mol. The van der Waals surface area contributed by atoms with Crippen molar-refractivity contribution in [1.82, 2.24) is 0 Å². The van der Waals surface area contributed by atoms with E-state index >= 15 is 0 Å². The summed E-state index contributed by atoms with van der Waals surface area (Å²) in [7, 11) is 0. The van der Waals surface area contributed by atoms with Crippen molar-refractivity contribution in [3.05, 3.63) is 28.3 Å². The molecule has 1 aliphatic carbocycles. The van der Waals surface area contributed by atoms with Crippen LogP contribution in [0.1, 0.15) is 43.7 Å². The van der Waals surface area contributed by atoms with Crippen molar-refractivity contribution < 1.29 is 13.9 Å². The van der Waals surface area contributed by atoms with Crippen LogP contribution in [-0.2, 0) is 5.41 Å². The lowest BCUT2D eigenvalue weighted by atomic mass is 9.69. The molecule has 1 nitrogen and oxygen atoms in total. The summed E-state index contributed by atoms with van der Waals surface area (Å²) in [6.07, 6.45) is 0.646. The van der Waals surface area contributed by atoms with Crippen molar-refractivity contribution in [1.29, 1.82) is 0 Å². The van der Waals surface area contributed by atoms with Gasteiger partial charge in [-0.05, 0) is 42.4 Å². The highest BCUT2D eigenvalue weighted by Crippen LogP contribution is 2.47. The van der Waals surface area contributed by atoms with Crippen LogP contribution >= 0.6 is 11.6 Å². The second-order valence-corrected chi connectivity index (χ2v) is 5.94. The number of benzene rings is 1. The molecule has 1 fully saturated rings. The van der Waals surface area contributed by atoms with Gasteiger partial charge in [0.25, 0.3) is 0 Å². The molecular formula is C14H17ClF2O. The van der Waals surface area contributed by atoms with Gasteiger partial charge in [-0.25, -0.2) is 8.78 Å². The van der Waals surface area contributed by atoms with Crippen molar-refractivity contribution >= 4 is 11.6 Å². The number of hydrogen-bond acceptors (Lipinski definition) is 1. The Labute approximate surface area is 111 Å². The quantitative estimate of drug-likeness (QED) is 0.778. The van der Waals surface area contributed by atoms with Crippen molar-refractivity contribution in [2.24, 2.45) is 0 Å². The molecule has 0 unspecified atom stereocenters. The van der Waals surface area contributed by atoms with Crippen molar-refractivity contribution in [3.63, 3.8) is 0 Å². The maximum absolute atomic E-state index is 13.2. The Morgan fingerprint density at radius 1 is 1.17 bits per heavy atom. The maximum atomic E-state index is 13.2. The minimum Gasteiger partial charge on any atom is -0.508 e. The van der Waals surface area contributed by atoms with Crippen LogP contribution in [0.15, 0.2) is 12.1 Å². The van der Waals surface area contributed by atoms with E-state index in [2.05, 4.69) is 0 Å². The zero-order valence-electron chi connectivity index (χ0n) is 10.6. The van der Waals surface area contributed by atoms with Gasteiger partial charge in [-0.2, -0.15) is 0 Å². The van der Waals surface area contributed by atoms with E-state index in [1.54, 1.807) is 6.92 Å². The van der Waals surface area contributed by atoms with Crippen LogP contribution < -0.4 is 0 Å². The van der Waals surface area contributed by atoms with Crippen molar-refractivity contribution in [3.8, 4) is 5.75 Å². The Bertz CT molecular complexity index is 461. The Morgan fingerprint density at radius 2 is 1.72 bits per heavy atom. The predicted molar refractivity (Wildman–Crippen MR) is 68.6 cm³/mol. The highest BCUT2D eigenvalue weighted by Gasteiger charge is 2.42. The molecule has 0 amide bonds. The molecular weight excluding hydrogens is 258 g/mol. The van der Waals surface area contributed by atoms with E-state index < -0.39 is 5.92 Å². The number of aryl methyl sites for hydroxylation is 1. The third-order valence-electron chi connectivity index (χ3n) is 4.02. The molecule has 4 heteroatoms. The Morgan fingerprint density at radius 3 is 2.28 bits per heavy atom. The first kappa shape index (κ1) is 13.6. The molecule has 1 saturated carbocycles.